The maximum absolute atomic E-state index is 12.0. The summed E-state index contributed by atoms with van der Waals surface area (Å²) in [6.07, 6.45) is 1.67. The third-order valence-corrected chi connectivity index (χ3v) is 6.28. The molecule has 1 aromatic carbocycles. The molecule has 0 amide bonds. The number of hydrogen-bond donors (Lipinski definition) is 0. The van der Waals surface area contributed by atoms with Gasteiger partial charge in [-0.1, -0.05) is 15.9 Å². The van der Waals surface area contributed by atoms with Gasteiger partial charge in [-0.15, -0.1) is 23.1 Å². The third-order valence-electron chi connectivity index (χ3n) is 3.54. The molecule has 8 heteroatoms. The van der Waals surface area contributed by atoms with Crippen molar-refractivity contribution in [1.29, 1.82) is 0 Å². The Kier molecular flexibility index (Phi) is 5.61. The standard InChI is InChI=1S/C17H15BrN2O3S2/c1-10-6-14(11(2)5-13(10)18)25-9-16(22)23-8-12-7-15(21)20-3-4-24-17(20)19-12/h3-7H,8-9H2,1-2H3. The van der Waals surface area contributed by atoms with Crippen molar-refractivity contribution >= 4 is 50.0 Å². The Morgan fingerprint density at radius 1 is 1.32 bits per heavy atom. The highest BCUT2D eigenvalue weighted by Gasteiger charge is 2.10. The molecular weight excluding hydrogens is 424 g/mol. The highest BCUT2D eigenvalue weighted by Crippen LogP contribution is 2.28. The molecule has 0 N–H and O–H groups in total. The van der Waals surface area contributed by atoms with Gasteiger partial charge in [-0.25, -0.2) is 4.98 Å². The van der Waals surface area contributed by atoms with Gasteiger partial charge < -0.3 is 4.74 Å². The van der Waals surface area contributed by atoms with E-state index in [0.29, 0.717) is 10.7 Å². The van der Waals surface area contributed by atoms with Crippen LogP contribution in [0.2, 0.25) is 0 Å². The molecule has 0 bridgehead atoms. The van der Waals surface area contributed by atoms with Gasteiger partial charge in [0.25, 0.3) is 5.56 Å². The van der Waals surface area contributed by atoms with Gasteiger partial charge in [0.2, 0.25) is 0 Å². The highest BCUT2D eigenvalue weighted by molar-refractivity contribution is 9.10. The third kappa shape index (κ3) is 4.31. The summed E-state index contributed by atoms with van der Waals surface area (Å²) in [4.78, 5) is 29.8. The van der Waals surface area contributed by atoms with Crippen LogP contribution in [0.3, 0.4) is 0 Å². The van der Waals surface area contributed by atoms with E-state index in [1.54, 1.807) is 11.6 Å². The summed E-state index contributed by atoms with van der Waals surface area (Å²) in [5, 5.41) is 1.79. The largest absolute Gasteiger partial charge is 0.459 e. The molecule has 2 heterocycles. The predicted molar refractivity (Wildman–Crippen MR) is 103 cm³/mol. The van der Waals surface area contributed by atoms with Crippen molar-refractivity contribution in [2.24, 2.45) is 0 Å². The average molecular weight is 439 g/mol. The van der Waals surface area contributed by atoms with E-state index in [0.717, 1.165) is 20.5 Å². The number of thiazole rings is 1. The van der Waals surface area contributed by atoms with Crippen LogP contribution in [0.1, 0.15) is 16.8 Å². The second kappa shape index (κ2) is 7.72. The molecule has 0 saturated carbocycles. The van der Waals surface area contributed by atoms with Crippen LogP contribution >= 0.6 is 39.0 Å². The van der Waals surface area contributed by atoms with Gasteiger partial charge in [-0.05, 0) is 37.1 Å². The number of aryl methyl sites for hydroxylation is 2. The molecule has 2 aromatic heterocycles. The van der Waals surface area contributed by atoms with Gasteiger partial charge in [-0.2, -0.15) is 0 Å². The van der Waals surface area contributed by atoms with Crippen LogP contribution < -0.4 is 5.56 Å². The number of ether oxygens (including phenoxy) is 1. The maximum Gasteiger partial charge on any atom is 0.316 e. The van der Waals surface area contributed by atoms with Crippen LogP contribution in [0.25, 0.3) is 4.96 Å². The molecule has 0 aliphatic heterocycles. The molecule has 0 spiro atoms. The van der Waals surface area contributed by atoms with E-state index >= 15 is 0 Å². The van der Waals surface area contributed by atoms with Gasteiger partial charge in [0.05, 0.1) is 11.4 Å². The first-order chi connectivity index (χ1) is 11.9. The normalized spacial score (nSPS) is 11.0. The summed E-state index contributed by atoms with van der Waals surface area (Å²) < 4.78 is 7.77. The van der Waals surface area contributed by atoms with Crippen LogP contribution in [0.4, 0.5) is 0 Å². The predicted octanol–water partition coefficient (Wildman–Crippen LogP) is 3.97. The Bertz CT molecular complexity index is 997. The van der Waals surface area contributed by atoms with Crippen LogP contribution in [0.15, 0.2) is 43.9 Å². The molecule has 3 rings (SSSR count). The summed E-state index contributed by atoms with van der Waals surface area (Å²) in [5.74, 6) is -0.125. The number of hydrogen-bond acceptors (Lipinski definition) is 6. The zero-order chi connectivity index (χ0) is 18.0. The lowest BCUT2D eigenvalue weighted by Gasteiger charge is -2.09. The molecule has 5 nitrogen and oxygen atoms in total. The minimum atomic E-state index is -0.335. The number of fused-ring (bicyclic) bond motifs is 1. The van der Waals surface area contributed by atoms with Gasteiger partial charge in [-0.3, -0.25) is 14.0 Å². The van der Waals surface area contributed by atoms with Gasteiger partial charge in [0.1, 0.15) is 6.61 Å². The second-order valence-electron chi connectivity index (χ2n) is 5.46. The van der Waals surface area contributed by atoms with Gasteiger partial charge >= 0.3 is 5.97 Å². The van der Waals surface area contributed by atoms with Crippen molar-refractivity contribution in [2.75, 3.05) is 5.75 Å². The lowest BCUT2D eigenvalue weighted by molar-refractivity contribution is -0.141. The number of esters is 1. The van der Waals surface area contributed by atoms with Crippen molar-refractivity contribution < 1.29 is 9.53 Å². The molecule has 0 atom stereocenters. The Hall–Kier alpha value is -1.64. The fourth-order valence-electron chi connectivity index (χ4n) is 2.20. The van der Waals surface area contributed by atoms with Crippen LogP contribution in [0.5, 0.6) is 0 Å². The molecule has 0 aliphatic carbocycles. The summed E-state index contributed by atoms with van der Waals surface area (Å²) in [5.41, 5.74) is 2.51. The quantitative estimate of drug-likeness (QED) is 0.445. The minimum Gasteiger partial charge on any atom is -0.459 e. The average Bonchev–Trinajstić information content (AvgIpc) is 3.04. The highest BCUT2D eigenvalue weighted by atomic mass is 79.9. The Morgan fingerprint density at radius 2 is 2.12 bits per heavy atom. The molecule has 0 radical (unpaired) electrons. The van der Waals surface area contributed by atoms with Crippen molar-refractivity contribution in [2.45, 2.75) is 25.3 Å². The summed E-state index contributed by atoms with van der Waals surface area (Å²) >= 11 is 6.30. The van der Waals surface area contributed by atoms with E-state index < -0.39 is 0 Å². The smallest absolute Gasteiger partial charge is 0.316 e. The summed E-state index contributed by atoms with van der Waals surface area (Å²) in [7, 11) is 0. The van der Waals surface area contributed by atoms with Gasteiger partial charge in [0.15, 0.2) is 4.96 Å². The number of rotatable bonds is 5. The Labute approximate surface area is 161 Å². The van der Waals surface area contributed by atoms with Crippen molar-refractivity contribution in [3.05, 3.63) is 61.4 Å². The monoisotopic (exact) mass is 438 g/mol. The van der Waals surface area contributed by atoms with Crippen molar-refractivity contribution in [3.63, 3.8) is 0 Å². The van der Waals surface area contributed by atoms with E-state index in [9.17, 15) is 9.59 Å². The van der Waals surface area contributed by atoms with E-state index in [2.05, 4.69) is 20.9 Å². The minimum absolute atomic E-state index is 0.00137. The number of thioether (sulfide) groups is 1. The fraction of sp³-hybridized carbons (Fsp3) is 0.235. The van der Waals surface area contributed by atoms with E-state index in [1.807, 2.05) is 26.0 Å². The molecule has 0 saturated heterocycles. The molecule has 0 fully saturated rings. The first-order valence-corrected chi connectivity index (χ1v) is 10.1. The lowest BCUT2D eigenvalue weighted by Crippen LogP contribution is -2.15. The zero-order valence-electron chi connectivity index (χ0n) is 13.6. The molecule has 130 valence electrons. The number of carbonyl (C=O) groups is 1. The molecule has 0 aliphatic rings. The Morgan fingerprint density at radius 3 is 2.92 bits per heavy atom. The van der Waals surface area contributed by atoms with Crippen molar-refractivity contribution in [3.8, 4) is 0 Å². The maximum atomic E-state index is 12.0. The molecule has 3 aromatic rings. The number of aromatic nitrogens is 2. The van der Waals surface area contributed by atoms with Crippen LogP contribution in [0, 0.1) is 13.8 Å². The Balaban J connectivity index is 1.59. The van der Waals surface area contributed by atoms with Gasteiger partial charge in [0, 0.05) is 27.0 Å². The SMILES string of the molecule is Cc1cc(SCC(=O)OCc2cc(=O)n3ccsc3n2)c(C)cc1Br. The van der Waals surface area contributed by atoms with Crippen LogP contribution in [-0.4, -0.2) is 21.1 Å². The first kappa shape index (κ1) is 18.2. The van der Waals surface area contributed by atoms with Crippen molar-refractivity contribution in [1.82, 2.24) is 9.38 Å². The van der Waals surface area contributed by atoms with E-state index in [4.69, 9.17) is 4.74 Å². The first-order valence-electron chi connectivity index (χ1n) is 7.45. The topological polar surface area (TPSA) is 60.7 Å². The fourth-order valence-corrected chi connectivity index (χ4v) is 4.30. The zero-order valence-corrected chi connectivity index (χ0v) is 16.8. The molecular formula is C17H15BrN2O3S2. The number of halogens is 1. The number of carbonyl (C=O) groups excluding carboxylic acids is 1. The molecule has 25 heavy (non-hydrogen) atoms. The second-order valence-corrected chi connectivity index (χ2v) is 8.20. The van der Waals surface area contributed by atoms with E-state index in [1.165, 1.54) is 33.6 Å². The number of benzene rings is 1. The summed E-state index contributed by atoms with van der Waals surface area (Å²) in [6.45, 7) is 4.02. The van der Waals surface area contributed by atoms with E-state index in [-0.39, 0.29) is 23.9 Å². The number of nitrogens with zero attached hydrogens (tertiary/aromatic N) is 2. The molecule has 0 unspecified atom stereocenters. The summed E-state index contributed by atoms with van der Waals surface area (Å²) in [6, 6.07) is 5.48. The lowest BCUT2D eigenvalue weighted by atomic mass is 10.2. The van der Waals surface area contributed by atoms with Crippen LogP contribution in [-0.2, 0) is 16.1 Å².